The maximum Gasteiger partial charge on any atom is 0.296 e. The summed E-state index contributed by atoms with van der Waals surface area (Å²) < 4.78 is 30.2. The molecule has 1 aromatic heterocycles. The van der Waals surface area contributed by atoms with Crippen molar-refractivity contribution in [1.29, 1.82) is 0 Å². The molecule has 0 aliphatic carbocycles. The molecule has 1 amide bonds. The Bertz CT molecular complexity index is 1260. The van der Waals surface area contributed by atoms with Gasteiger partial charge < -0.3 is 5.73 Å². The van der Waals surface area contributed by atoms with Gasteiger partial charge in [0.15, 0.2) is 0 Å². The molecule has 0 saturated heterocycles. The number of benzene rings is 2. The molecule has 8 nitrogen and oxygen atoms in total. The van der Waals surface area contributed by atoms with Gasteiger partial charge in [0.05, 0.1) is 26.9 Å². The van der Waals surface area contributed by atoms with Crippen LogP contribution in [0.1, 0.15) is 16.1 Å². The Morgan fingerprint density at radius 2 is 1.76 bits per heavy atom. The van der Waals surface area contributed by atoms with Crippen LogP contribution in [0, 0.1) is 6.92 Å². The lowest BCUT2D eigenvalue weighted by molar-refractivity contribution is 0.1000. The highest BCUT2D eigenvalue weighted by Gasteiger charge is 2.29. The number of hydrogen-bond donors (Lipinski definition) is 1. The molecule has 3 rings (SSSR count). The van der Waals surface area contributed by atoms with Gasteiger partial charge in [-0.3, -0.25) is 18.6 Å². The zero-order valence-corrected chi connectivity index (χ0v) is 17.5. The Labute approximate surface area is 172 Å². The normalized spacial score (nSPS) is 11.4. The van der Waals surface area contributed by atoms with Crippen LogP contribution < -0.4 is 15.6 Å². The summed E-state index contributed by atoms with van der Waals surface area (Å²) >= 11 is 5.91. The number of anilines is 1. The van der Waals surface area contributed by atoms with Crippen LogP contribution in [0.3, 0.4) is 0 Å². The van der Waals surface area contributed by atoms with Crippen LogP contribution >= 0.6 is 11.6 Å². The molecular weight excluding hydrogens is 416 g/mol. The molecule has 0 bridgehead atoms. The van der Waals surface area contributed by atoms with E-state index in [1.54, 1.807) is 42.9 Å². The minimum Gasteiger partial charge on any atom is -0.366 e. The molecule has 0 saturated carbocycles. The van der Waals surface area contributed by atoms with Crippen molar-refractivity contribution in [2.24, 2.45) is 12.8 Å². The molecule has 2 aromatic carbocycles. The number of primary amides is 1. The zero-order valence-electron chi connectivity index (χ0n) is 16.0. The summed E-state index contributed by atoms with van der Waals surface area (Å²) in [6.07, 6.45) is 0. The number of nitrogens with zero attached hydrogens (tertiary/aromatic N) is 3. The highest BCUT2D eigenvalue weighted by molar-refractivity contribution is 7.92. The van der Waals surface area contributed by atoms with Gasteiger partial charge in [-0.2, -0.15) is 0 Å². The predicted octanol–water partition coefficient (Wildman–Crippen LogP) is 2.06. The number of rotatable bonds is 5. The van der Waals surface area contributed by atoms with Crippen molar-refractivity contribution in [1.82, 2.24) is 9.36 Å². The molecule has 0 unspecified atom stereocenters. The van der Waals surface area contributed by atoms with Gasteiger partial charge in [0.25, 0.3) is 15.6 Å². The van der Waals surface area contributed by atoms with Crippen molar-refractivity contribution >= 4 is 33.2 Å². The fraction of sp³-hybridized carbons (Fsp3) is 0.158. The van der Waals surface area contributed by atoms with Gasteiger partial charge >= 0.3 is 0 Å². The van der Waals surface area contributed by atoms with Crippen LogP contribution in [-0.2, 0) is 17.1 Å². The van der Waals surface area contributed by atoms with E-state index in [0.717, 1.165) is 10.4 Å². The topological polar surface area (TPSA) is 107 Å². The van der Waals surface area contributed by atoms with E-state index in [4.69, 9.17) is 17.3 Å². The largest absolute Gasteiger partial charge is 0.366 e. The van der Waals surface area contributed by atoms with E-state index >= 15 is 0 Å². The fourth-order valence-electron chi connectivity index (χ4n) is 3.05. The van der Waals surface area contributed by atoms with E-state index in [-0.39, 0.29) is 21.2 Å². The fourth-order valence-corrected chi connectivity index (χ4v) is 4.53. The monoisotopic (exact) mass is 434 g/mol. The van der Waals surface area contributed by atoms with Crippen molar-refractivity contribution in [3.05, 3.63) is 75.2 Å². The van der Waals surface area contributed by atoms with Crippen molar-refractivity contribution in [2.45, 2.75) is 11.8 Å². The van der Waals surface area contributed by atoms with Gasteiger partial charge in [0.2, 0.25) is 5.91 Å². The van der Waals surface area contributed by atoms with Crippen LogP contribution in [0.2, 0.25) is 5.02 Å². The molecule has 10 heteroatoms. The molecule has 3 aromatic rings. The second kappa shape index (κ2) is 7.41. The molecule has 0 aliphatic rings. The quantitative estimate of drug-likeness (QED) is 0.663. The molecule has 0 fully saturated rings. The Hall–Kier alpha value is -3.04. The molecule has 2 N–H and O–H groups in total. The van der Waals surface area contributed by atoms with Gasteiger partial charge in [0, 0.05) is 14.1 Å². The first-order chi connectivity index (χ1) is 13.6. The summed E-state index contributed by atoms with van der Waals surface area (Å²) in [7, 11) is -1.20. The Morgan fingerprint density at radius 1 is 1.14 bits per heavy atom. The summed E-state index contributed by atoms with van der Waals surface area (Å²) in [5.74, 6) is -0.850. The Kier molecular flexibility index (Phi) is 5.29. The van der Waals surface area contributed by atoms with E-state index in [0.29, 0.717) is 11.4 Å². The van der Waals surface area contributed by atoms with Crippen LogP contribution in [0.5, 0.6) is 0 Å². The van der Waals surface area contributed by atoms with Gasteiger partial charge in [-0.05, 0) is 37.3 Å². The van der Waals surface area contributed by atoms with E-state index in [9.17, 15) is 18.0 Å². The van der Waals surface area contributed by atoms with Crippen LogP contribution in [0.4, 0.5) is 5.69 Å². The molecule has 152 valence electrons. The first-order valence-corrected chi connectivity index (χ1v) is 10.3. The number of amides is 1. The molecule has 1 heterocycles. The minimum absolute atomic E-state index is 0.00747. The van der Waals surface area contributed by atoms with Crippen LogP contribution in [-0.4, -0.2) is 30.7 Å². The number of halogens is 1. The third-order valence-electron chi connectivity index (χ3n) is 4.70. The van der Waals surface area contributed by atoms with Gasteiger partial charge in [-0.15, -0.1) is 0 Å². The lowest BCUT2D eigenvalue weighted by atomic mass is 10.2. The van der Waals surface area contributed by atoms with Crippen molar-refractivity contribution in [3.8, 4) is 5.69 Å². The number of para-hydroxylation sites is 1. The van der Waals surface area contributed by atoms with Gasteiger partial charge in [0.1, 0.15) is 5.69 Å². The Morgan fingerprint density at radius 3 is 2.34 bits per heavy atom. The minimum atomic E-state index is -4.16. The number of sulfonamides is 1. The first-order valence-electron chi connectivity index (χ1n) is 8.49. The third-order valence-corrected chi connectivity index (χ3v) is 6.78. The van der Waals surface area contributed by atoms with Crippen molar-refractivity contribution in [3.63, 3.8) is 0 Å². The SMILES string of the molecule is Cc1c(N(C)S(=O)(=O)c2ccc(Cl)c(C(N)=O)c2)c(=O)n(-c2ccccc2)n1C. The number of nitrogens with two attached hydrogens (primary N) is 1. The smallest absolute Gasteiger partial charge is 0.296 e. The maximum absolute atomic E-state index is 13.2. The van der Waals surface area contributed by atoms with E-state index in [1.807, 2.05) is 6.07 Å². The lowest BCUT2D eigenvalue weighted by Gasteiger charge is -2.18. The maximum atomic E-state index is 13.2. The highest BCUT2D eigenvalue weighted by atomic mass is 35.5. The second-order valence-electron chi connectivity index (χ2n) is 6.39. The number of carbonyl (C=O) groups is 1. The molecule has 0 spiro atoms. The molecule has 0 radical (unpaired) electrons. The highest BCUT2D eigenvalue weighted by Crippen LogP contribution is 2.26. The standard InChI is InChI=1S/C19H19ClN4O4S/c1-12-17(19(26)24(22(12)2)13-7-5-4-6-8-13)23(3)29(27,28)14-9-10-16(20)15(11-14)18(21)25/h4-11H,1-3H3,(H2,21,25). The summed E-state index contributed by atoms with van der Waals surface area (Å²) in [6.45, 7) is 1.65. The van der Waals surface area contributed by atoms with E-state index in [2.05, 4.69) is 0 Å². The van der Waals surface area contributed by atoms with Crippen molar-refractivity contribution in [2.75, 3.05) is 11.4 Å². The predicted molar refractivity (Wildman–Crippen MR) is 111 cm³/mol. The molecule has 0 aliphatic heterocycles. The average Bonchev–Trinajstić information content (AvgIpc) is 2.90. The number of aromatic nitrogens is 2. The molecular formula is C19H19ClN4O4S. The average molecular weight is 435 g/mol. The summed E-state index contributed by atoms with van der Waals surface area (Å²) in [4.78, 5) is 24.4. The lowest BCUT2D eigenvalue weighted by Crippen LogP contribution is -2.32. The number of carbonyl (C=O) groups excluding carboxylic acids is 1. The summed E-state index contributed by atoms with van der Waals surface area (Å²) in [5, 5.41) is 0.0430. The van der Waals surface area contributed by atoms with E-state index < -0.39 is 21.5 Å². The molecule has 0 atom stereocenters. The van der Waals surface area contributed by atoms with Crippen LogP contribution in [0.25, 0.3) is 5.69 Å². The Balaban J connectivity index is 2.17. The van der Waals surface area contributed by atoms with E-state index in [1.165, 1.54) is 23.9 Å². The zero-order chi connectivity index (χ0) is 21.5. The summed E-state index contributed by atoms with van der Waals surface area (Å²) in [6, 6.07) is 12.5. The second-order valence-corrected chi connectivity index (χ2v) is 8.77. The molecule has 29 heavy (non-hydrogen) atoms. The first kappa shape index (κ1) is 20.7. The van der Waals surface area contributed by atoms with Crippen molar-refractivity contribution < 1.29 is 13.2 Å². The number of hydrogen-bond acceptors (Lipinski definition) is 4. The van der Waals surface area contributed by atoms with Crippen LogP contribution in [0.15, 0.2) is 58.2 Å². The third kappa shape index (κ3) is 3.43. The van der Waals surface area contributed by atoms with Gasteiger partial charge in [-0.1, -0.05) is 29.8 Å². The van der Waals surface area contributed by atoms with Gasteiger partial charge in [-0.25, -0.2) is 13.1 Å². The summed E-state index contributed by atoms with van der Waals surface area (Å²) in [5.41, 5.74) is 5.69.